The first-order valence-electron chi connectivity index (χ1n) is 8.25. The van der Waals surface area contributed by atoms with E-state index in [4.69, 9.17) is 0 Å². The van der Waals surface area contributed by atoms with Gasteiger partial charge >= 0.3 is 6.03 Å². The lowest BCUT2D eigenvalue weighted by Crippen LogP contribution is -2.53. The number of carbonyl (C=O) groups excluding carboxylic acids is 2. The molecule has 1 heterocycles. The number of amides is 3. The molecule has 0 aromatic heterocycles. The molecule has 130 valence electrons. The zero-order valence-corrected chi connectivity index (χ0v) is 13.8. The van der Waals surface area contributed by atoms with Gasteiger partial charge in [0.15, 0.2) is 0 Å². The molecule has 0 unspecified atom stereocenters. The summed E-state index contributed by atoms with van der Waals surface area (Å²) in [5, 5.41) is 2.89. The van der Waals surface area contributed by atoms with Gasteiger partial charge in [-0.1, -0.05) is 30.3 Å². The van der Waals surface area contributed by atoms with E-state index in [0.29, 0.717) is 38.3 Å². The Labute approximate surface area is 146 Å². The van der Waals surface area contributed by atoms with E-state index in [0.717, 1.165) is 5.56 Å². The molecule has 0 spiro atoms. The van der Waals surface area contributed by atoms with Crippen molar-refractivity contribution in [1.82, 2.24) is 15.1 Å². The van der Waals surface area contributed by atoms with Crippen molar-refractivity contribution in [3.05, 3.63) is 71.5 Å². The van der Waals surface area contributed by atoms with Gasteiger partial charge in [0.2, 0.25) is 0 Å². The van der Waals surface area contributed by atoms with Gasteiger partial charge in [0.05, 0.1) is 0 Å². The van der Waals surface area contributed by atoms with Gasteiger partial charge in [-0.3, -0.25) is 4.79 Å². The van der Waals surface area contributed by atoms with Gasteiger partial charge in [-0.25, -0.2) is 9.18 Å². The van der Waals surface area contributed by atoms with Crippen LogP contribution >= 0.6 is 0 Å². The largest absolute Gasteiger partial charge is 0.335 e. The summed E-state index contributed by atoms with van der Waals surface area (Å²) in [5.41, 5.74) is 1.50. The smallest absolute Gasteiger partial charge is 0.317 e. The number of piperazine rings is 1. The SMILES string of the molecule is O=C(NCc1ccccc1)N1CCN(C(=O)c2ccc(F)cc2)CC1. The average Bonchev–Trinajstić information content (AvgIpc) is 2.67. The Morgan fingerprint density at radius 3 is 2.12 bits per heavy atom. The maximum atomic E-state index is 13.0. The number of halogens is 1. The molecule has 1 aliphatic rings. The Morgan fingerprint density at radius 1 is 0.880 bits per heavy atom. The number of hydrogen-bond acceptors (Lipinski definition) is 2. The first-order valence-corrected chi connectivity index (χ1v) is 8.25. The summed E-state index contributed by atoms with van der Waals surface area (Å²) < 4.78 is 13.0. The quantitative estimate of drug-likeness (QED) is 0.933. The van der Waals surface area contributed by atoms with Crippen molar-refractivity contribution in [2.45, 2.75) is 6.54 Å². The molecule has 0 saturated carbocycles. The summed E-state index contributed by atoms with van der Waals surface area (Å²) in [6.45, 7) is 2.37. The molecule has 0 radical (unpaired) electrons. The second-order valence-corrected chi connectivity index (χ2v) is 5.93. The number of urea groups is 1. The molecule has 6 heteroatoms. The van der Waals surface area contributed by atoms with Gasteiger partial charge in [0.1, 0.15) is 5.82 Å². The van der Waals surface area contributed by atoms with Crippen molar-refractivity contribution in [3.63, 3.8) is 0 Å². The van der Waals surface area contributed by atoms with Gasteiger partial charge in [-0.15, -0.1) is 0 Å². The molecule has 0 atom stereocenters. The second-order valence-electron chi connectivity index (χ2n) is 5.93. The van der Waals surface area contributed by atoms with E-state index in [1.54, 1.807) is 9.80 Å². The molecular formula is C19H20FN3O2. The summed E-state index contributed by atoms with van der Waals surface area (Å²) in [6, 6.07) is 15.1. The lowest BCUT2D eigenvalue weighted by atomic mass is 10.2. The highest BCUT2D eigenvalue weighted by Gasteiger charge is 2.24. The molecule has 2 aromatic rings. The molecule has 1 aliphatic heterocycles. The highest BCUT2D eigenvalue weighted by Crippen LogP contribution is 2.10. The van der Waals surface area contributed by atoms with E-state index in [9.17, 15) is 14.0 Å². The van der Waals surface area contributed by atoms with E-state index >= 15 is 0 Å². The maximum absolute atomic E-state index is 13.0. The third kappa shape index (κ3) is 4.35. The van der Waals surface area contributed by atoms with Crippen molar-refractivity contribution in [1.29, 1.82) is 0 Å². The minimum absolute atomic E-state index is 0.127. The molecular weight excluding hydrogens is 321 g/mol. The third-order valence-electron chi connectivity index (χ3n) is 4.23. The van der Waals surface area contributed by atoms with E-state index in [1.165, 1.54) is 24.3 Å². The monoisotopic (exact) mass is 341 g/mol. The van der Waals surface area contributed by atoms with Gasteiger partial charge < -0.3 is 15.1 Å². The minimum Gasteiger partial charge on any atom is -0.335 e. The molecule has 3 rings (SSSR count). The van der Waals surface area contributed by atoms with Crippen LogP contribution in [0.15, 0.2) is 54.6 Å². The number of nitrogens with zero attached hydrogens (tertiary/aromatic N) is 2. The van der Waals surface area contributed by atoms with Crippen molar-refractivity contribution in [2.75, 3.05) is 26.2 Å². The van der Waals surface area contributed by atoms with Gasteiger partial charge in [-0.05, 0) is 29.8 Å². The van der Waals surface area contributed by atoms with Crippen LogP contribution in [-0.2, 0) is 6.54 Å². The summed E-state index contributed by atoms with van der Waals surface area (Å²) in [4.78, 5) is 28.0. The molecule has 0 bridgehead atoms. The number of benzene rings is 2. The molecule has 3 amide bonds. The van der Waals surface area contributed by atoms with Crippen LogP contribution in [0.4, 0.5) is 9.18 Å². The van der Waals surface area contributed by atoms with Crippen LogP contribution in [0.2, 0.25) is 0 Å². The average molecular weight is 341 g/mol. The fourth-order valence-electron chi connectivity index (χ4n) is 2.77. The van der Waals surface area contributed by atoms with Gasteiger partial charge in [0, 0.05) is 38.3 Å². The first-order chi connectivity index (χ1) is 12.1. The predicted octanol–water partition coefficient (Wildman–Crippen LogP) is 2.49. The van der Waals surface area contributed by atoms with Crippen LogP contribution in [-0.4, -0.2) is 47.9 Å². The topological polar surface area (TPSA) is 52.7 Å². The van der Waals surface area contributed by atoms with Crippen molar-refractivity contribution >= 4 is 11.9 Å². The molecule has 1 saturated heterocycles. The van der Waals surface area contributed by atoms with Crippen LogP contribution in [0.1, 0.15) is 15.9 Å². The molecule has 2 aromatic carbocycles. The number of hydrogen-bond donors (Lipinski definition) is 1. The number of rotatable bonds is 3. The summed E-state index contributed by atoms with van der Waals surface area (Å²) in [7, 11) is 0. The second kappa shape index (κ2) is 7.79. The Bertz CT molecular complexity index is 726. The zero-order valence-electron chi connectivity index (χ0n) is 13.8. The highest BCUT2D eigenvalue weighted by atomic mass is 19.1. The lowest BCUT2D eigenvalue weighted by molar-refractivity contribution is 0.0665. The fourth-order valence-corrected chi connectivity index (χ4v) is 2.77. The summed E-state index contributed by atoms with van der Waals surface area (Å²) in [5.74, 6) is -0.499. The number of nitrogens with one attached hydrogen (secondary N) is 1. The molecule has 1 N–H and O–H groups in total. The van der Waals surface area contributed by atoms with Crippen molar-refractivity contribution in [2.24, 2.45) is 0 Å². The Morgan fingerprint density at radius 2 is 1.48 bits per heavy atom. The van der Waals surface area contributed by atoms with Crippen LogP contribution in [0.25, 0.3) is 0 Å². The maximum Gasteiger partial charge on any atom is 0.317 e. The van der Waals surface area contributed by atoms with Crippen molar-refractivity contribution < 1.29 is 14.0 Å². The fraction of sp³-hybridized carbons (Fsp3) is 0.263. The Kier molecular flexibility index (Phi) is 5.28. The summed E-state index contributed by atoms with van der Waals surface area (Å²) >= 11 is 0. The normalized spacial score (nSPS) is 14.3. The Balaban J connectivity index is 1.48. The van der Waals surface area contributed by atoms with E-state index < -0.39 is 0 Å². The minimum atomic E-state index is -0.364. The lowest BCUT2D eigenvalue weighted by Gasteiger charge is -2.34. The van der Waals surface area contributed by atoms with Crippen molar-refractivity contribution in [3.8, 4) is 0 Å². The van der Waals surface area contributed by atoms with E-state index in [-0.39, 0.29) is 17.8 Å². The van der Waals surface area contributed by atoms with E-state index in [1.807, 2.05) is 30.3 Å². The van der Waals surface area contributed by atoms with Crippen LogP contribution < -0.4 is 5.32 Å². The van der Waals surface area contributed by atoms with E-state index in [2.05, 4.69) is 5.32 Å². The molecule has 0 aliphatic carbocycles. The summed E-state index contributed by atoms with van der Waals surface area (Å²) in [6.07, 6.45) is 0. The third-order valence-corrected chi connectivity index (χ3v) is 4.23. The Hall–Kier alpha value is -2.89. The predicted molar refractivity (Wildman–Crippen MR) is 92.6 cm³/mol. The highest BCUT2D eigenvalue weighted by molar-refractivity contribution is 5.94. The van der Waals surface area contributed by atoms with Crippen LogP contribution in [0.5, 0.6) is 0 Å². The molecule has 5 nitrogen and oxygen atoms in total. The van der Waals surface area contributed by atoms with Crippen LogP contribution in [0, 0.1) is 5.82 Å². The molecule has 25 heavy (non-hydrogen) atoms. The molecule has 1 fully saturated rings. The van der Waals surface area contributed by atoms with Gasteiger partial charge in [0.25, 0.3) is 5.91 Å². The van der Waals surface area contributed by atoms with Crippen LogP contribution in [0.3, 0.4) is 0 Å². The zero-order chi connectivity index (χ0) is 17.6. The number of carbonyl (C=O) groups is 2. The standard InChI is InChI=1S/C19H20FN3O2/c20-17-8-6-16(7-9-17)18(24)22-10-12-23(13-11-22)19(25)21-14-15-4-2-1-3-5-15/h1-9H,10-14H2,(H,21,25). The van der Waals surface area contributed by atoms with Gasteiger partial charge in [-0.2, -0.15) is 0 Å². The first kappa shape index (κ1) is 17.0.